The van der Waals surface area contributed by atoms with Crippen molar-refractivity contribution in [1.29, 1.82) is 0 Å². The Bertz CT molecular complexity index is 1770. The van der Waals surface area contributed by atoms with Crippen molar-refractivity contribution in [2.45, 2.75) is 130 Å². The van der Waals surface area contributed by atoms with Crippen molar-refractivity contribution in [3.05, 3.63) is 75.4 Å². The third kappa shape index (κ3) is 6.89. The van der Waals surface area contributed by atoms with Gasteiger partial charge in [-0.2, -0.15) is 0 Å². The minimum atomic E-state index is 0. The normalized spacial score (nSPS) is 12.6. The molecular formula is C42H54N4Ni. The van der Waals surface area contributed by atoms with Crippen LogP contribution in [-0.4, -0.2) is 9.97 Å². The van der Waals surface area contributed by atoms with Crippen LogP contribution in [0.4, 0.5) is 0 Å². The van der Waals surface area contributed by atoms with Crippen molar-refractivity contribution in [3.8, 4) is 0 Å². The molecule has 0 saturated heterocycles. The van der Waals surface area contributed by atoms with Crippen molar-refractivity contribution in [3.63, 3.8) is 0 Å². The third-order valence-electron chi connectivity index (χ3n) is 10.7. The molecule has 47 heavy (non-hydrogen) atoms. The molecule has 2 aliphatic heterocycles. The van der Waals surface area contributed by atoms with Gasteiger partial charge < -0.3 is 9.97 Å². The first-order chi connectivity index (χ1) is 22.4. The minimum absolute atomic E-state index is 0. The maximum Gasteiger partial charge on any atom is 2.00 e. The van der Waals surface area contributed by atoms with Gasteiger partial charge >= 0.3 is 16.5 Å². The summed E-state index contributed by atoms with van der Waals surface area (Å²) in [6.07, 6.45) is 19.2. The summed E-state index contributed by atoms with van der Waals surface area (Å²) in [6.45, 7) is 22.5. The zero-order valence-corrected chi connectivity index (χ0v) is 30.9. The first kappa shape index (κ1) is 36.7. The van der Waals surface area contributed by atoms with Gasteiger partial charge in [0.15, 0.2) is 0 Å². The molecule has 0 saturated carbocycles. The Morgan fingerprint density at radius 1 is 0.532 bits per heavy atom. The second-order valence-corrected chi connectivity index (χ2v) is 13.0. The van der Waals surface area contributed by atoms with Gasteiger partial charge in [-0.3, -0.25) is 0 Å². The number of rotatable bonds is 13. The molecule has 5 heteroatoms. The molecule has 2 aliphatic rings. The van der Waals surface area contributed by atoms with Gasteiger partial charge in [0, 0.05) is 0 Å². The van der Waals surface area contributed by atoms with E-state index in [9.17, 15) is 0 Å². The SMILES string of the molecule is C=Cc1cc2[n-]c1c(C(CC)CC)c1nc(c(C(CC)CC)c3ccc([n-]3)c(C(CC)CC)c3nc(c2C(CC)CC)C=C3)C=C1.[Ni+2]. The molecule has 0 unspecified atom stereocenters. The van der Waals surface area contributed by atoms with E-state index in [2.05, 4.69) is 104 Å². The molecule has 252 valence electrons. The Labute approximate surface area is 293 Å². The van der Waals surface area contributed by atoms with Crippen LogP contribution < -0.4 is 9.97 Å². The molecule has 0 atom stereocenters. The first-order valence-corrected chi connectivity index (χ1v) is 18.1. The summed E-state index contributed by atoms with van der Waals surface area (Å²) in [5.41, 5.74) is 14.3. The smallest absolute Gasteiger partial charge is 0.657 e. The van der Waals surface area contributed by atoms with Crippen LogP contribution in [0.3, 0.4) is 0 Å². The van der Waals surface area contributed by atoms with Gasteiger partial charge in [0.05, 0.1) is 22.8 Å². The summed E-state index contributed by atoms with van der Waals surface area (Å²) in [5.74, 6) is 1.42. The Balaban J connectivity index is 0.00000500. The summed E-state index contributed by atoms with van der Waals surface area (Å²) >= 11 is 0. The van der Waals surface area contributed by atoms with Crippen LogP contribution in [0.1, 0.15) is 181 Å². The van der Waals surface area contributed by atoms with E-state index in [0.717, 1.165) is 102 Å². The van der Waals surface area contributed by atoms with E-state index in [4.69, 9.17) is 19.9 Å². The van der Waals surface area contributed by atoms with E-state index in [1.165, 1.54) is 22.3 Å². The van der Waals surface area contributed by atoms with Crippen LogP contribution >= 0.6 is 0 Å². The maximum atomic E-state index is 5.51. The molecule has 0 aliphatic carbocycles. The molecule has 0 N–H and O–H groups in total. The average molecular weight is 674 g/mol. The molecule has 0 amide bonds. The maximum absolute atomic E-state index is 5.51. The number of nitrogens with zero attached hydrogens (tertiary/aromatic N) is 4. The van der Waals surface area contributed by atoms with Crippen molar-refractivity contribution in [1.82, 2.24) is 19.9 Å². The van der Waals surface area contributed by atoms with Gasteiger partial charge in [-0.1, -0.05) is 86.2 Å². The molecule has 0 spiro atoms. The minimum Gasteiger partial charge on any atom is -0.657 e. The van der Waals surface area contributed by atoms with Gasteiger partial charge in [0.2, 0.25) is 0 Å². The largest absolute Gasteiger partial charge is 2.00 e. The van der Waals surface area contributed by atoms with Crippen molar-refractivity contribution in [2.75, 3.05) is 0 Å². The summed E-state index contributed by atoms with van der Waals surface area (Å²) in [4.78, 5) is 21.8. The monoisotopic (exact) mass is 672 g/mol. The Hall–Kier alpha value is -3.17. The summed E-state index contributed by atoms with van der Waals surface area (Å²) in [5, 5.41) is 0. The molecule has 0 radical (unpaired) electrons. The molecule has 5 rings (SSSR count). The predicted molar refractivity (Wildman–Crippen MR) is 200 cm³/mol. The Morgan fingerprint density at radius 2 is 0.872 bits per heavy atom. The van der Waals surface area contributed by atoms with Crippen LogP contribution in [0.5, 0.6) is 0 Å². The predicted octanol–water partition coefficient (Wildman–Crippen LogP) is 12.2. The van der Waals surface area contributed by atoms with Gasteiger partial charge in [-0.15, -0.1) is 22.1 Å². The van der Waals surface area contributed by atoms with Crippen LogP contribution in [-0.2, 0) is 16.5 Å². The summed E-state index contributed by atoms with van der Waals surface area (Å²) in [7, 11) is 0. The first-order valence-electron chi connectivity index (χ1n) is 18.1. The van der Waals surface area contributed by atoms with Gasteiger partial charge in [-0.25, -0.2) is 9.97 Å². The molecule has 3 aromatic heterocycles. The number of fused-ring (bicyclic) bond motifs is 8. The fourth-order valence-electron chi connectivity index (χ4n) is 7.89. The second kappa shape index (κ2) is 16.3. The van der Waals surface area contributed by atoms with Crippen molar-refractivity contribution >= 4 is 52.4 Å². The van der Waals surface area contributed by atoms with Gasteiger partial charge in [0.25, 0.3) is 0 Å². The number of aromatic nitrogens is 4. The second-order valence-electron chi connectivity index (χ2n) is 13.0. The van der Waals surface area contributed by atoms with E-state index >= 15 is 0 Å². The Kier molecular flexibility index (Phi) is 12.7. The zero-order chi connectivity index (χ0) is 33.0. The quantitative estimate of drug-likeness (QED) is 0.117. The van der Waals surface area contributed by atoms with E-state index in [-0.39, 0.29) is 16.5 Å². The van der Waals surface area contributed by atoms with Crippen LogP contribution in [0, 0.1) is 0 Å². The molecular weight excluding hydrogens is 619 g/mol. The Morgan fingerprint density at radius 3 is 1.23 bits per heavy atom. The van der Waals surface area contributed by atoms with E-state index in [0.29, 0.717) is 23.7 Å². The van der Waals surface area contributed by atoms with Crippen molar-refractivity contribution < 1.29 is 16.5 Å². The van der Waals surface area contributed by atoms with Crippen LogP contribution in [0.15, 0.2) is 24.8 Å². The molecule has 8 bridgehead atoms. The standard InChI is InChI=1S/C42H54N4.Ni/c1-10-26(11-2)38-31-19-20-32(43-31)39(27(12-3)13-4)34-23-24-36(45-34)41(29(16-7)17-8)42-30(18-9)25-37(46-42)40(28(14-5)15-6)35-22-21-33(38)44-35;/h18-29H,9-17H2,1-8H3;/q-2;+2. The van der Waals surface area contributed by atoms with E-state index in [1.807, 2.05) is 6.08 Å². The molecule has 0 aromatic carbocycles. The topological polar surface area (TPSA) is 54.0 Å². The molecule has 5 heterocycles. The fourth-order valence-corrected chi connectivity index (χ4v) is 7.89. The van der Waals surface area contributed by atoms with Crippen LogP contribution in [0.25, 0.3) is 52.4 Å². The summed E-state index contributed by atoms with van der Waals surface area (Å²) in [6, 6.07) is 6.72. The van der Waals surface area contributed by atoms with E-state index in [1.54, 1.807) is 0 Å². The summed E-state index contributed by atoms with van der Waals surface area (Å²) < 4.78 is 0. The molecule has 4 nitrogen and oxygen atoms in total. The fraction of sp³-hybridized carbons (Fsp3) is 0.476. The van der Waals surface area contributed by atoms with Crippen LogP contribution in [0.2, 0.25) is 0 Å². The van der Waals surface area contributed by atoms with Gasteiger partial charge in [-0.05, 0) is 127 Å². The van der Waals surface area contributed by atoms with Gasteiger partial charge in [0.1, 0.15) is 0 Å². The average Bonchev–Trinajstić information content (AvgIpc) is 3.91. The van der Waals surface area contributed by atoms with E-state index < -0.39 is 0 Å². The number of hydrogen-bond acceptors (Lipinski definition) is 2. The zero-order valence-electron chi connectivity index (χ0n) is 29.9. The van der Waals surface area contributed by atoms with Crippen molar-refractivity contribution in [2.24, 2.45) is 0 Å². The molecule has 0 fully saturated rings. The number of hydrogen-bond donors (Lipinski definition) is 0. The third-order valence-corrected chi connectivity index (χ3v) is 10.7. The molecule has 3 aromatic rings.